The Kier molecular flexibility index (Phi) is 3.76. The van der Waals surface area contributed by atoms with Crippen LogP contribution in [0.3, 0.4) is 0 Å². The highest BCUT2D eigenvalue weighted by atomic mass is 16.5. The van der Waals surface area contributed by atoms with Gasteiger partial charge in [-0.2, -0.15) is 0 Å². The van der Waals surface area contributed by atoms with Crippen LogP contribution in [-0.4, -0.2) is 40.2 Å². The van der Waals surface area contributed by atoms with Gasteiger partial charge in [-0.15, -0.1) is 0 Å². The number of aryl methyl sites for hydroxylation is 1. The number of hydrogen-bond donors (Lipinski definition) is 2. The molecule has 1 aromatic heterocycles. The average molecular weight is 278 g/mol. The number of imidazole rings is 1. The molecule has 0 bridgehead atoms. The van der Waals surface area contributed by atoms with Crippen LogP contribution in [0.2, 0.25) is 0 Å². The first-order chi connectivity index (χ1) is 9.70. The molecule has 0 radical (unpaired) electrons. The van der Waals surface area contributed by atoms with E-state index >= 15 is 0 Å². The highest BCUT2D eigenvalue weighted by Crippen LogP contribution is 2.39. The van der Waals surface area contributed by atoms with Crippen LogP contribution in [-0.2, 0) is 23.2 Å². The second kappa shape index (κ2) is 5.54. The van der Waals surface area contributed by atoms with Gasteiger partial charge in [0.1, 0.15) is 19.0 Å². The first-order valence-corrected chi connectivity index (χ1v) is 7.28. The molecule has 1 saturated carbocycles. The lowest BCUT2D eigenvalue weighted by atomic mass is 9.73. The van der Waals surface area contributed by atoms with Gasteiger partial charge in [0.25, 0.3) is 0 Å². The fraction of sp³-hybridized carbons (Fsp3) is 0.714. The summed E-state index contributed by atoms with van der Waals surface area (Å²) in [5.74, 6) is 0.801. The molecule has 1 aromatic rings. The van der Waals surface area contributed by atoms with Crippen molar-refractivity contribution in [3.63, 3.8) is 0 Å². The normalized spacial score (nSPS) is 23.8. The van der Waals surface area contributed by atoms with E-state index in [1.54, 1.807) is 6.20 Å². The fourth-order valence-electron chi connectivity index (χ4n) is 3.16. The molecule has 1 unspecified atom stereocenters. The molecule has 2 fully saturated rings. The predicted molar refractivity (Wildman–Crippen MR) is 74.0 cm³/mol. The van der Waals surface area contributed by atoms with Crippen molar-refractivity contribution in [1.29, 1.82) is 0 Å². The second-order valence-electron chi connectivity index (χ2n) is 5.79. The van der Waals surface area contributed by atoms with Gasteiger partial charge in [0.05, 0.1) is 0 Å². The number of hydrogen-bond acceptors (Lipinski definition) is 4. The fourth-order valence-corrected chi connectivity index (χ4v) is 3.16. The smallest absolute Gasteiger partial charge is 0.246 e. The van der Waals surface area contributed by atoms with Crippen LogP contribution in [0.25, 0.3) is 0 Å². The van der Waals surface area contributed by atoms with Crippen molar-refractivity contribution in [1.82, 2.24) is 20.2 Å². The van der Waals surface area contributed by atoms with Crippen LogP contribution < -0.4 is 10.6 Å². The van der Waals surface area contributed by atoms with Crippen molar-refractivity contribution in [3.8, 4) is 0 Å². The van der Waals surface area contributed by atoms with Crippen molar-refractivity contribution >= 4 is 5.91 Å². The van der Waals surface area contributed by atoms with Gasteiger partial charge in [-0.05, 0) is 32.2 Å². The highest BCUT2D eigenvalue weighted by Gasteiger charge is 2.47. The maximum atomic E-state index is 11.9. The molecule has 2 aliphatic rings. The molecule has 1 spiro atoms. The Labute approximate surface area is 118 Å². The number of aromatic nitrogens is 2. The van der Waals surface area contributed by atoms with Crippen LogP contribution >= 0.6 is 0 Å². The summed E-state index contributed by atoms with van der Waals surface area (Å²) in [6.07, 6.45) is 8.21. The molecule has 6 nitrogen and oxygen atoms in total. The van der Waals surface area contributed by atoms with Crippen molar-refractivity contribution < 1.29 is 9.53 Å². The van der Waals surface area contributed by atoms with E-state index in [-0.39, 0.29) is 24.1 Å². The number of nitrogens with one attached hydrogen (secondary N) is 2. The van der Waals surface area contributed by atoms with Crippen LogP contribution in [0.4, 0.5) is 0 Å². The van der Waals surface area contributed by atoms with Gasteiger partial charge in [-0.1, -0.05) is 0 Å². The van der Waals surface area contributed by atoms with Gasteiger partial charge < -0.3 is 19.9 Å². The van der Waals surface area contributed by atoms with Gasteiger partial charge >= 0.3 is 0 Å². The maximum Gasteiger partial charge on any atom is 0.246 e. The third kappa shape index (κ3) is 2.58. The molecule has 1 saturated heterocycles. The Bertz CT molecular complexity index is 481. The van der Waals surface area contributed by atoms with Gasteiger partial charge in [-0.25, -0.2) is 4.98 Å². The minimum atomic E-state index is -0.0285. The number of nitrogens with zero attached hydrogens (tertiary/aromatic N) is 2. The molecular formula is C14H22N4O2. The molecule has 1 atom stereocenters. The van der Waals surface area contributed by atoms with Crippen LogP contribution in [0.15, 0.2) is 12.4 Å². The van der Waals surface area contributed by atoms with E-state index in [0.29, 0.717) is 6.61 Å². The minimum absolute atomic E-state index is 0.0285. The van der Waals surface area contributed by atoms with Crippen molar-refractivity contribution in [3.05, 3.63) is 18.2 Å². The van der Waals surface area contributed by atoms with Crippen LogP contribution in [0.1, 0.15) is 31.5 Å². The molecule has 110 valence electrons. The standard InChI is InChI=1S/C14H22N4O2/c1-18-8-7-15-12(18)9-20-10-13(19)17-11-3-6-16-14(11)4-2-5-14/h7-8,11,16H,2-6,9-10H2,1H3,(H,17,19). The summed E-state index contributed by atoms with van der Waals surface area (Å²) in [4.78, 5) is 16.1. The lowest BCUT2D eigenvalue weighted by Crippen LogP contribution is -2.59. The molecule has 1 aliphatic carbocycles. The monoisotopic (exact) mass is 278 g/mol. The summed E-state index contributed by atoms with van der Waals surface area (Å²) >= 11 is 0. The zero-order valence-electron chi connectivity index (χ0n) is 11.9. The van der Waals surface area contributed by atoms with Gasteiger partial charge in [0.2, 0.25) is 5.91 Å². The zero-order valence-corrected chi connectivity index (χ0v) is 11.9. The Hall–Kier alpha value is -1.40. The Morgan fingerprint density at radius 3 is 3.15 bits per heavy atom. The van der Waals surface area contributed by atoms with E-state index in [2.05, 4.69) is 15.6 Å². The molecular weight excluding hydrogens is 256 g/mol. The summed E-state index contributed by atoms with van der Waals surface area (Å²) in [5, 5.41) is 6.65. The number of carbonyl (C=O) groups is 1. The van der Waals surface area contributed by atoms with E-state index in [1.807, 2.05) is 17.8 Å². The van der Waals surface area contributed by atoms with Crippen LogP contribution in [0.5, 0.6) is 0 Å². The summed E-state index contributed by atoms with van der Waals surface area (Å²) in [5.41, 5.74) is 0.176. The van der Waals surface area contributed by atoms with Gasteiger partial charge in [0, 0.05) is 31.0 Å². The SMILES string of the molecule is Cn1ccnc1COCC(=O)NC1CCNC12CCC2. The van der Waals surface area contributed by atoms with Crippen LogP contribution in [0, 0.1) is 0 Å². The highest BCUT2D eigenvalue weighted by molar-refractivity contribution is 5.77. The molecule has 20 heavy (non-hydrogen) atoms. The third-order valence-corrected chi connectivity index (χ3v) is 4.54. The van der Waals surface area contributed by atoms with Gasteiger partial charge in [0.15, 0.2) is 0 Å². The quantitative estimate of drug-likeness (QED) is 0.815. The second-order valence-corrected chi connectivity index (χ2v) is 5.79. The van der Waals surface area contributed by atoms with Crippen molar-refractivity contribution in [2.75, 3.05) is 13.2 Å². The summed E-state index contributed by atoms with van der Waals surface area (Å²) in [6, 6.07) is 0.264. The Morgan fingerprint density at radius 1 is 1.65 bits per heavy atom. The molecule has 2 N–H and O–H groups in total. The largest absolute Gasteiger partial charge is 0.364 e. The zero-order chi connectivity index (χ0) is 14.0. The molecule has 3 rings (SSSR count). The van der Waals surface area contributed by atoms with E-state index < -0.39 is 0 Å². The van der Waals surface area contributed by atoms with Gasteiger partial charge in [-0.3, -0.25) is 4.79 Å². The summed E-state index contributed by atoms with van der Waals surface area (Å²) in [7, 11) is 1.91. The van der Waals surface area contributed by atoms with E-state index in [4.69, 9.17) is 4.74 Å². The lowest BCUT2D eigenvalue weighted by molar-refractivity contribution is -0.127. The Morgan fingerprint density at radius 2 is 2.50 bits per heavy atom. The topological polar surface area (TPSA) is 68.2 Å². The van der Waals surface area contributed by atoms with Crippen molar-refractivity contribution in [2.45, 2.75) is 43.9 Å². The lowest BCUT2D eigenvalue weighted by Gasteiger charge is -2.43. The first kappa shape index (κ1) is 13.6. The number of amides is 1. The maximum absolute atomic E-state index is 11.9. The van der Waals surface area contributed by atoms with E-state index in [9.17, 15) is 4.79 Å². The average Bonchev–Trinajstić information content (AvgIpc) is 2.96. The Balaban J connectivity index is 1.42. The predicted octanol–water partition coefficient (Wildman–Crippen LogP) is 0.338. The molecule has 0 aromatic carbocycles. The number of ether oxygens (including phenoxy) is 1. The molecule has 6 heteroatoms. The number of rotatable bonds is 5. The third-order valence-electron chi connectivity index (χ3n) is 4.54. The summed E-state index contributed by atoms with van der Waals surface area (Å²) < 4.78 is 7.33. The molecule has 1 amide bonds. The molecule has 2 heterocycles. The van der Waals surface area contributed by atoms with E-state index in [0.717, 1.165) is 18.8 Å². The molecule has 1 aliphatic heterocycles. The first-order valence-electron chi connectivity index (χ1n) is 7.28. The minimum Gasteiger partial charge on any atom is -0.364 e. The number of carbonyl (C=O) groups excluding carboxylic acids is 1. The summed E-state index contributed by atoms with van der Waals surface area (Å²) in [6.45, 7) is 1.46. The van der Waals surface area contributed by atoms with Crippen molar-refractivity contribution in [2.24, 2.45) is 7.05 Å². The van der Waals surface area contributed by atoms with E-state index in [1.165, 1.54) is 19.3 Å².